The normalized spacial score (nSPS) is 16.1. The van der Waals surface area contributed by atoms with Crippen LogP contribution in [0.3, 0.4) is 0 Å². The Kier molecular flexibility index (Phi) is 5.36. The lowest BCUT2D eigenvalue weighted by atomic mass is 9.74. The number of rotatable bonds is 2. The summed E-state index contributed by atoms with van der Waals surface area (Å²) in [6, 6.07) is 16.9. The Morgan fingerprint density at radius 3 is 2.48 bits per heavy atom. The molecule has 3 rings (SSSR count). The fourth-order valence-corrected chi connectivity index (χ4v) is 3.84. The molecule has 0 radical (unpaired) electrons. The average molecular weight is 418 g/mol. The van der Waals surface area contributed by atoms with E-state index in [0.29, 0.717) is 22.7 Å². The molecule has 0 unspecified atom stereocenters. The first-order valence-electron chi connectivity index (χ1n) is 8.02. The maximum Gasteiger partial charge on any atom is 0.173 e. The van der Waals surface area contributed by atoms with Crippen molar-refractivity contribution in [2.75, 3.05) is 18.4 Å². The van der Waals surface area contributed by atoms with Crippen molar-refractivity contribution in [3.63, 3.8) is 0 Å². The molecule has 1 heterocycles. The first kappa shape index (κ1) is 17.8. The van der Waals surface area contributed by atoms with Gasteiger partial charge in [0.15, 0.2) is 5.11 Å². The molecule has 0 aliphatic carbocycles. The largest absolute Gasteiger partial charge is 0.349 e. The molecule has 0 bridgehead atoms. The van der Waals surface area contributed by atoms with E-state index in [0.717, 1.165) is 24.1 Å². The molecule has 2 aromatic rings. The lowest BCUT2D eigenvalue weighted by Gasteiger charge is -2.38. The minimum atomic E-state index is -0.455. The third-order valence-corrected chi connectivity index (χ3v) is 5.63. The van der Waals surface area contributed by atoms with E-state index in [1.807, 2.05) is 30.3 Å². The van der Waals surface area contributed by atoms with Gasteiger partial charge in [-0.05, 0) is 64.8 Å². The summed E-state index contributed by atoms with van der Waals surface area (Å²) in [7, 11) is 0. The Morgan fingerprint density at radius 1 is 1.20 bits per heavy atom. The molecule has 3 nitrogen and oxygen atoms in total. The highest BCUT2D eigenvalue weighted by atomic mass is 79.9. The zero-order chi connectivity index (χ0) is 17.9. The number of nitriles is 1. The topological polar surface area (TPSA) is 39.1 Å². The summed E-state index contributed by atoms with van der Waals surface area (Å²) in [6.07, 6.45) is 1.44. The quantitative estimate of drug-likeness (QED) is 0.709. The van der Waals surface area contributed by atoms with Crippen LogP contribution in [0.5, 0.6) is 0 Å². The van der Waals surface area contributed by atoms with Gasteiger partial charge in [0, 0.05) is 17.6 Å². The van der Waals surface area contributed by atoms with Crippen LogP contribution in [-0.4, -0.2) is 23.1 Å². The predicted molar refractivity (Wildman–Crippen MR) is 105 cm³/mol. The van der Waals surface area contributed by atoms with Gasteiger partial charge in [0.1, 0.15) is 5.82 Å². The smallest absolute Gasteiger partial charge is 0.173 e. The van der Waals surface area contributed by atoms with Crippen LogP contribution in [0.25, 0.3) is 0 Å². The van der Waals surface area contributed by atoms with Crippen molar-refractivity contribution in [2.45, 2.75) is 18.3 Å². The number of nitrogens with one attached hydrogen (secondary N) is 1. The molecule has 6 heteroatoms. The van der Waals surface area contributed by atoms with Crippen LogP contribution in [-0.2, 0) is 5.41 Å². The minimum Gasteiger partial charge on any atom is -0.349 e. The molecule has 0 aromatic heterocycles. The van der Waals surface area contributed by atoms with Gasteiger partial charge in [-0.3, -0.25) is 0 Å². The second-order valence-corrected chi connectivity index (χ2v) is 7.34. The van der Waals surface area contributed by atoms with Crippen LogP contribution < -0.4 is 5.32 Å². The Morgan fingerprint density at radius 2 is 1.88 bits per heavy atom. The lowest BCUT2D eigenvalue weighted by molar-refractivity contribution is 0.272. The standard InChI is InChI=1S/C19H17BrFN3S/c20-16-12-15(21)6-7-17(16)23-18(25)24-10-8-19(13-22,9-11-24)14-4-2-1-3-5-14/h1-7,12H,8-11H2,(H,23,25). The molecule has 0 saturated carbocycles. The third kappa shape index (κ3) is 3.83. The number of benzene rings is 2. The number of anilines is 1. The van der Waals surface area contributed by atoms with Gasteiger partial charge in [-0.2, -0.15) is 5.26 Å². The highest BCUT2D eigenvalue weighted by Crippen LogP contribution is 2.35. The summed E-state index contributed by atoms with van der Waals surface area (Å²) >= 11 is 8.83. The molecule has 0 amide bonds. The van der Waals surface area contributed by atoms with Crippen molar-refractivity contribution in [3.8, 4) is 6.07 Å². The van der Waals surface area contributed by atoms with E-state index >= 15 is 0 Å². The van der Waals surface area contributed by atoms with Crippen LogP contribution in [0.15, 0.2) is 53.0 Å². The van der Waals surface area contributed by atoms with E-state index in [-0.39, 0.29) is 5.82 Å². The second kappa shape index (κ2) is 7.51. The van der Waals surface area contributed by atoms with Gasteiger partial charge in [-0.1, -0.05) is 30.3 Å². The third-order valence-electron chi connectivity index (χ3n) is 4.62. The van der Waals surface area contributed by atoms with Crippen molar-refractivity contribution in [1.29, 1.82) is 5.26 Å². The van der Waals surface area contributed by atoms with Crippen LogP contribution >= 0.6 is 28.1 Å². The molecule has 25 heavy (non-hydrogen) atoms. The molecular formula is C19H17BrFN3S. The molecule has 2 aromatic carbocycles. The van der Waals surface area contributed by atoms with Gasteiger partial charge in [-0.25, -0.2) is 4.39 Å². The van der Waals surface area contributed by atoms with Gasteiger partial charge in [0.25, 0.3) is 0 Å². The summed E-state index contributed by atoms with van der Waals surface area (Å²) in [4.78, 5) is 2.06. The number of hydrogen-bond donors (Lipinski definition) is 1. The van der Waals surface area contributed by atoms with Gasteiger partial charge in [-0.15, -0.1) is 0 Å². The summed E-state index contributed by atoms with van der Waals surface area (Å²) in [5.41, 5.74) is 1.34. The fourth-order valence-electron chi connectivity index (χ4n) is 3.10. The molecule has 1 aliphatic rings. The van der Waals surface area contributed by atoms with Crippen LogP contribution in [0.4, 0.5) is 10.1 Å². The number of likely N-dealkylation sites (tertiary alicyclic amines) is 1. The highest BCUT2D eigenvalue weighted by molar-refractivity contribution is 9.10. The van der Waals surface area contributed by atoms with E-state index in [9.17, 15) is 9.65 Å². The van der Waals surface area contributed by atoms with E-state index in [2.05, 4.69) is 32.2 Å². The molecular weight excluding hydrogens is 401 g/mol. The molecule has 0 atom stereocenters. The maximum absolute atomic E-state index is 13.2. The first-order chi connectivity index (χ1) is 12.0. The Bertz CT molecular complexity index is 811. The Labute approximate surface area is 160 Å². The molecule has 1 N–H and O–H groups in total. The van der Waals surface area contributed by atoms with Crippen molar-refractivity contribution < 1.29 is 4.39 Å². The molecule has 1 aliphatic heterocycles. The van der Waals surface area contributed by atoms with Gasteiger partial charge in [0.2, 0.25) is 0 Å². The van der Waals surface area contributed by atoms with Crippen molar-refractivity contribution >= 4 is 38.9 Å². The maximum atomic E-state index is 13.2. The number of halogens is 2. The average Bonchev–Trinajstić information content (AvgIpc) is 2.65. The molecule has 1 fully saturated rings. The minimum absolute atomic E-state index is 0.303. The fraction of sp³-hybridized carbons (Fsp3) is 0.263. The van der Waals surface area contributed by atoms with Gasteiger partial charge in [0.05, 0.1) is 17.2 Å². The summed E-state index contributed by atoms with van der Waals surface area (Å²) < 4.78 is 13.8. The predicted octanol–water partition coefficient (Wildman–Crippen LogP) is 4.84. The van der Waals surface area contributed by atoms with E-state index < -0.39 is 5.41 Å². The Balaban J connectivity index is 1.67. The number of thiocarbonyl (C=S) groups is 1. The summed E-state index contributed by atoms with van der Waals surface area (Å²) in [6.45, 7) is 1.40. The van der Waals surface area contributed by atoms with Crippen molar-refractivity contribution in [2.24, 2.45) is 0 Å². The van der Waals surface area contributed by atoms with E-state index in [4.69, 9.17) is 12.2 Å². The second-order valence-electron chi connectivity index (χ2n) is 6.10. The van der Waals surface area contributed by atoms with E-state index in [1.54, 1.807) is 6.07 Å². The monoisotopic (exact) mass is 417 g/mol. The van der Waals surface area contributed by atoms with Crippen molar-refractivity contribution in [1.82, 2.24) is 4.90 Å². The highest BCUT2D eigenvalue weighted by Gasteiger charge is 2.37. The van der Waals surface area contributed by atoms with Gasteiger partial charge >= 0.3 is 0 Å². The zero-order valence-corrected chi connectivity index (χ0v) is 15.9. The lowest BCUT2D eigenvalue weighted by Crippen LogP contribution is -2.46. The number of nitrogens with zero attached hydrogens (tertiary/aromatic N) is 2. The summed E-state index contributed by atoms with van der Waals surface area (Å²) in [5.74, 6) is -0.303. The molecule has 128 valence electrons. The van der Waals surface area contributed by atoms with Crippen molar-refractivity contribution in [3.05, 3.63) is 64.4 Å². The van der Waals surface area contributed by atoms with E-state index in [1.165, 1.54) is 12.1 Å². The SMILES string of the molecule is N#CC1(c2ccccc2)CCN(C(=S)Nc2ccc(F)cc2Br)CC1. The zero-order valence-electron chi connectivity index (χ0n) is 13.5. The first-order valence-corrected chi connectivity index (χ1v) is 9.22. The van der Waals surface area contributed by atoms with Crippen LogP contribution in [0, 0.1) is 17.1 Å². The summed E-state index contributed by atoms with van der Waals surface area (Å²) in [5, 5.41) is 13.5. The number of hydrogen-bond acceptors (Lipinski definition) is 2. The van der Waals surface area contributed by atoms with Gasteiger partial charge < -0.3 is 10.2 Å². The Hall–Kier alpha value is -1.97. The molecule has 1 saturated heterocycles. The van der Waals surface area contributed by atoms with Crippen LogP contribution in [0.1, 0.15) is 18.4 Å². The van der Waals surface area contributed by atoms with Crippen LogP contribution in [0.2, 0.25) is 0 Å². The number of piperidine rings is 1. The molecule has 0 spiro atoms.